The fourth-order valence-electron chi connectivity index (χ4n) is 2.61. The van der Waals surface area contributed by atoms with Crippen LogP contribution in [0.2, 0.25) is 0 Å². The number of fused-ring (bicyclic) bond motifs is 1. The Labute approximate surface area is 107 Å². The maximum atomic E-state index is 6.06. The Morgan fingerprint density at radius 3 is 2.78 bits per heavy atom. The smallest absolute Gasteiger partial charge is 0.0722 e. The lowest BCUT2D eigenvalue weighted by Crippen LogP contribution is -2.61. The van der Waals surface area contributed by atoms with E-state index in [0.29, 0.717) is 12.1 Å². The van der Waals surface area contributed by atoms with Crippen molar-refractivity contribution in [2.75, 3.05) is 5.32 Å². The molecule has 0 aliphatic heterocycles. The fraction of sp³-hybridized carbons (Fsp3) is 0.400. The zero-order valence-electron chi connectivity index (χ0n) is 10.9. The van der Waals surface area contributed by atoms with E-state index in [2.05, 4.69) is 30.2 Å². The van der Waals surface area contributed by atoms with E-state index in [1.165, 1.54) is 5.39 Å². The number of para-hydroxylation sites is 1. The summed E-state index contributed by atoms with van der Waals surface area (Å²) in [7, 11) is 0. The summed E-state index contributed by atoms with van der Waals surface area (Å²) in [6, 6.07) is 11.0. The van der Waals surface area contributed by atoms with Gasteiger partial charge in [-0.15, -0.1) is 0 Å². The molecule has 0 bridgehead atoms. The van der Waals surface area contributed by atoms with E-state index in [4.69, 9.17) is 5.73 Å². The molecule has 3 N–H and O–H groups in total. The Balaban J connectivity index is 1.92. The van der Waals surface area contributed by atoms with Gasteiger partial charge in [-0.3, -0.25) is 4.98 Å². The quantitative estimate of drug-likeness (QED) is 0.850. The molecule has 0 amide bonds. The second kappa shape index (κ2) is 3.95. The standard InChI is InChI=1S/C15H19N3/c1-15(2)13(16)9-14(15)18-12-7-8-17-11-6-4-3-5-10(11)12/h3-8,13-14H,9,16H2,1-2H3,(H,17,18). The van der Waals surface area contributed by atoms with Crippen LogP contribution in [0.5, 0.6) is 0 Å². The lowest BCUT2D eigenvalue weighted by Gasteiger charge is -2.51. The summed E-state index contributed by atoms with van der Waals surface area (Å²) in [5, 5.41) is 4.80. The highest BCUT2D eigenvalue weighted by Crippen LogP contribution is 2.41. The first kappa shape index (κ1) is 11.5. The van der Waals surface area contributed by atoms with Crippen LogP contribution in [0.3, 0.4) is 0 Å². The third-order valence-electron chi connectivity index (χ3n) is 4.32. The van der Waals surface area contributed by atoms with Crippen molar-refractivity contribution < 1.29 is 0 Å². The van der Waals surface area contributed by atoms with E-state index >= 15 is 0 Å². The van der Waals surface area contributed by atoms with Crippen molar-refractivity contribution in [1.29, 1.82) is 0 Å². The first-order chi connectivity index (χ1) is 8.59. The Morgan fingerprint density at radius 1 is 1.28 bits per heavy atom. The van der Waals surface area contributed by atoms with E-state index in [0.717, 1.165) is 17.6 Å². The molecule has 2 aromatic rings. The van der Waals surface area contributed by atoms with Crippen LogP contribution in [0, 0.1) is 5.41 Å². The third kappa shape index (κ3) is 1.66. The maximum absolute atomic E-state index is 6.06. The van der Waals surface area contributed by atoms with Gasteiger partial charge < -0.3 is 11.1 Å². The van der Waals surface area contributed by atoms with Crippen molar-refractivity contribution in [2.24, 2.45) is 11.1 Å². The van der Waals surface area contributed by atoms with Crippen molar-refractivity contribution in [3.05, 3.63) is 36.5 Å². The Hall–Kier alpha value is -1.61. The van der Waals surface area contributed by atoms with Gasteiger partial charge in [0.05, 0.1) is 5.52 Å². The summed E-state index contributed by atoms with van der Waals surface area (Å²) >= 11 is 0. The average Bonchev–Trinajstić information content (AvgIpc) is 2.39. The van der Waals surface area contributed by atoms with E-state index in [1.807, 2.05) is 30.5 Å². The van der Waals surface area contributed by atoms with Crippen LogP contribution in [-0.4, -0.2) is 17.1 Å². The van der Waals surface area contributed by atoms with Crippen LogP contribution < -0.4 is 11.1 Å². The van der Waals surface area contributed by atoms with Crippen molar-refractivity contribution in [1.82, 2.24) is 4.98 Å². The molecule has 1 heterocycles. The number of hydrogen-bond donors (Lipinski definition) is 2. The molecule has 3 heteroatoms. The number of hydrogen-bond acceptors (Lipinski definition) is 3. The van der Waals surface area contributed by atoms with E-state index in [9.17, 15) is 0 Å². The highest BCUT2D eigenvalue weighted by Gasteiger charge is 2.46. The van der Waals surface area contributed by atoms with Crippen LogP contribution in [0.25, 0.3) is 10.9 Å². The lowest BCUT2D eigenvalue weighted by molar-refractivity contribution is 0.117. The second-order valence-corrected chi connectivity index (χ2v) is 5.74. The van der Waals surface area contributed by atoms with Crippen LogP contribution in [-0.2, 0) is 0 Å². The van der Waals surface area contributed by atoms with Crippen LogP contribution in [0.4, 0.5) is 5.69 Å². The molecule has 3 rings (SSSR count). The third-order valence-corrected chi connectivity index (χ3v) is 4.32. The predicted octanol–water partition coefficient (Wildman–Crippen LogP) is 2.77. The lowest BCUT2D eigenvalue weighted by atomic mass is 9.63. The molecule has 0 spiro atoms. The van der Waals surface area contributed by atoms with E-state index < -0.39 is 0 Å². The first-order valence-corrected chi connectivity index (χ1v) is 6.45. The van der Waals surface area contributed by atoms with Gasteiger partial charge in [-0.1, -0.05) is 32.0 Å². The molecule has 0 radical (unpaired) electrons. The van der Waals surface area contributed by atoms with Gasteiger partial charge in [-0.25, -0.2) is 0 Å². The van der Waals surface area contributed by atoms with Crippen LogP contribution >= 0.6 is 0 Å². The highest BCUT2D eigenvalue weighted by molar-refractivity contribution is 5.91. The van der Waals surface area contributed by atoms with Gasteiger partial charge in [0.25, 0.3) is 0 Å². The molecular formula is C15H19N3. The Morgan fingerprint density at radius 2 is 2.06 bits per heavy atom. The number of benzene rings is 1. The second-order valence-electron chi connectivity index (χ2n) is 5.74. The van der Waals surface area contributed by atoms with Gasteiger partial charge >= 0.3 is 0 Å². The number of nitrogens with zero attached hydrogens (tertiary/aromatic N) is 1. The normalized spacial score (nSPS) is 25.7. The summed E-state index contributed by atoms with van der Waals surface area (Å²) in [6.07, 6.45) is 2.89. The zero-order chi connectivity index (χ0) is 12.8. The van der Waals surface area contributed by atoms with Crippen molar-refractivity contribution in [3.63, 3.8) is 0 Å². The van der Waals surface area contributed by atoms with Crippen LogP contribution in [0.15, 0.2) is 36.5 Å². The van der Waals surface area contributed by atoms with Crippen molar-refractivity contribution in [2.45, 2.75) is 32.4 Å². The van der Waals surface area contributed by atoms with Gasteiger partial charge in [-0.2, -0.15) is 0 Å². The van der Waals surface area contributed by atoms with Crippen molar-refractivity contribution in [3.8, 4) is 0 Å². The number of rotatable bonds is 2. The molecule has 94 valence electrons. The molecular weight excluding hydrogens is 222 g/mol. The fourth-order valence-corrected chi connectivity index (χ4v) is 2.61. The van der Waals surface area contributed by atoms with E-state index in [-0.39, 0.29) is 5.41 Å². The molecule has 1 fully saturated rings. The molecule has 1 aliphatic carbocycles. The molecule has 1 aromatic heterocycles. The molecule has 3 nitrogen and oxygen atoms in total. The number of nitrogens with one attached hydrogen (secondary N) is 1. The van der Waals surface area contributed by atoms with Gasteiger partial charge in [0.1, 0.15) is 0 Å². The number of aromatic nitrogens is 1. The van der Waals surface area contributed by atoms with E-state index in [1.54, 1.807) is 0 Å². The number of anilines is 1. The maximum Gasteiger partial charge on any atom is 0.0722 e. The Kier molecular flexibility index (Phi) is 2.52. The molecule has 2 unspecified atom stereocenters. The summed E-state index contributed by atoms with van der Waals surface area (Å²) in [5.41, 5.74) is 8.41. The molecule has 1 saturated carbocycles. The molecule has 1 aromatic carbocycles. The minimum atomic E-state index is 0.157. The summed E-state index contributed by atoms with van der Waals surface area (Å²) in [4.78, 5) is 4.38. The minimum absolute atomic E-state index is 0.157. The minimum Gasteiger partial charge on any atom is -0.381 e. The van der Waals surface area contributed by atoms with Crippen LogP contribution in [0.1, 0.15) is 20.3 Å². The highest BCUT2D eigenvalue weighted by atomic mass is 15.0. The number of pyridine rings is 1. The summed E-state index contributed by atoms with van der Waals surface area (Å²) in [5.74, 6) is 0. The molecule has 18 heavy (non-hydrogen) atoms. The van der Waals surface area contributed by atoms with Crippen molar-refractivity contribution >= 4 is 16.6 Å². The number of nitrogens with two attached hydrogens (primary N) is 1. The summed E-state index contributed by atoms with van der Waals surface area (Å²) in [6.45, 7) is 4.45. The van der Waals surface area contributed by atoms with Gasteiger partial charge in [-0.05, 0) is 18.6 Å². The monoisotopic (exact) mass is 241 g/mol. The zero-order valence-corrected chi connectivity index (χ0v) is 10.9. The SMILES string of the molecule is CC1(C)C(N)CC1Nc1ccnc2ccccc12. The van der Waals surface area contributed by atoms with Gasteiger partial charge in [0, 0.05) is 34.8 Å². The average molecular weight is 241 g/mol. The largest absolute Gasteiger partial charge is 0.381 e. The first-order valence-electron chi connectivity index (χ1n) is 6.45. The molecule has 2 atom stereocenters. The molecule has 0 saturated heterocycles. The molecule has 1 aliphatic rings. The predicted molar refractivity (Wildman–Crippen MR) is 75.5 cm³/mol. The Bertz CT molecular complexity index is 571. The topological polar surface area (TPSA) is 50.9 Å². The summed E-state index contributed by atoms with van der Waals surface area (Å²) < 4.78 is 0. The van der Waals surface area contributed by atoms with Gasteiger partial charge in [0.2, 0.25) is 0 Å². The van der Waals surface area contributed by atoms with Gasteiger partial charge in [0.15, 0.2) is 0 Å².